The van der Waals surface area contributed by atoms with Crippen molar-refractivity contribution in [2.45, 2.75) is 39.8 Å². The van der Waals surface area contributed by atoms with Crippen molar-refractivity contribution in [3.63, 3.8) is 0 Å². The third-order valence-corrected chi connectivity index (χ3v) is 3.50. The van der Waals surface area contributed by atoms with Crippen molar-refractivity contribution < 1.29 is 13.9 Å². The molecule has 2 amide bonds. The summed E-state index contributed by atoms with van der Waals surface area (Å²) in [5, 5.41) is 9.69. The lowest BCUT2D eigenvalue weighted by Gasteiger charge is -2.17. The van der Waals surface area contributed by atoms with E-state index in [9.17, 15) is 9.18 Å². The van der Waals surface area contributed by atoms with E-state index in [0.717, 1.165) is 0 Å². The van der Waals surface area contributed by atoms with E-state index in [1.165, 1.54) is 6.07 Å². The Morgan fingerprint density at radius 3 is 2.71 bits per heavy atom. The zero-order valence-corrected chi connectivity index (χ0v) is 14.3. The number of hydrogen-bond acceptors (Lipinski definition) is 3. The van der Waals surface area contributed by atoms with Crippen LogP contribution in [-0.2, 0) is 0 Å². The number of benzene rings is 1. The number of amides is 2. The molecule has 1 heterocycles. The Morgan fingerprint density at radius 1 is 1.33 bits per heavy atom. The van der Waals surface area contributed by atoms with Crippen LogP contribution < -0.4 is 15.4 Å². The Balaban J connectivity index is 2.01. The van der Waals surface area contributed by atoms with Crippen LogP contribution in [0.2, 0.25) is 0 Å². The van der Waals surface area contributed by atoms with Crippen LogP contribution in [0.3, 0.4) is 0 Å². The van der Waals surface area contributed by atoms with Gasteiger partial charge in [0.15, 0.2) is 11.6 Å². The molecule has 0 saturated carbocycles. The van der Waals surface area contributed by atoms with Gasteiger partial charge in [0.25, 0.3) is 0 Å². The van der Waals surface area contributed by atoms with Crippen molar-refractivity contribution in [2.75, 3.05) is 11.9 Å². The molecule has 1 aromatic heterocycles. The van der Waals surface area contributed by atoms with Crippen LogP contribution in [0.4, 0.5) is 15.0 Å². The van der Waals surface area contributed by atoms with E-state index in [-0.39, 0.29) is 23.9 Å². The maximum absolute atomic E-state index is 13.9. The lowest BCUT2D eigenvalue weighted by Crippen LogP contribution is -2.32. The summed E-state index contributed by atoms with van der Waals surface area (Å²) >= 11 is 0. The maximum Gasteiger partial charge on any atom is 0.320 e. The summed E-state index contributed by atoms with van der Waals surface area (Å²) < 4.78 is 20.8. The molecule has 1 atom stereocenters. The minimum Gasteiger partial charge on any atom is -0.491 e. The number of ether oxygens (including phenoxy) is 1. The predicted molar refractivity (Wildman–Crippen MR) is 90.8 cm³/mol. The zero-order valence-electron chi connectivity index (χ0n) is 14.3. The van der Waals surface area contributed by atoms with Gasteiger partial charge in [-0.25, -0.2) is 13.9 Å². The van der Waals surface area contributed by atoms with Gasteiger partial charge in [-0.05, 0) is 45.4 Å². The van der Waals surface area contributed by atoms with Gasteiger partial charge in [0.2, 0.25) is 0 Å². The Morgan fingerprint density at radius 2 is 2.08 bits per heavy atom. The van der Waals surface area contributed by atoms with E-state index in [2.05, 4.69) is 15.7 Å². The van der Waals surface area contributed by atoms with Crippen molar-refractivity contribution in [3.05, 3.63) is 41.8 Å². The number of carbonyl (C=O) groups excluding carboxylic acids is 1. The highest BCUT2D eigenvalue weighted by atomic mass is 19.1. The smallest absolute Gasteiger partial charge is 0.320 e. The first-order valence-corrected chi connectivity index (χ1v) is 7.95. The van der Waals surface area contributed by atoms with Gasteiger partial charge < -0.3 is 10.1 Å². The van der Waals surface area contributed by atoms with Gasteiger partial charge in [-0.2, -0.15) is 5.10 Å². The second kappa shape index (κ2) is 7.81. The third kappa shape index (κ3) is 4.24. The number of aromatic nitrogens is 2. The number of nitrogens with one attached hydrogen (secondary N) is 2. The standard InChI is InChI=1S/C17H23FN4O2/c1-5-24-15-7-6-13(10-14(15)18)12(4)20-17(23)21-16-8-9-19-22(16)11(2)3/h6-12H,5H2,1-4H3,(H2,20,21,23). The SMILES string of the molecule is CCOc1ccc(C(C)NC(=O)Nc2ccnn2C(C)C)cc1F. The van der Waals surface area contributed by atoms with Crippen LogP contribution in [0.5, 0.6) is 5.75 Å². The molecule has 2 N–H and O–H groups in total. The quantitative estimate of drug-likeness (QED) is 0.842. The molecule has 7 heteroatoms. The van der Waals surface area contributed by atoms with Crippen molar-refractivity contribution in [3.8, 4) is 5.75 Å². The second-order valence-electron chi connectivity index (χ2n) is 5.70. The molecule has 0 saturated heterocycles. The highest BCUT2D eigenvalue weighted by Gasteiger charge is 2.14. The molecule has 0 radical (unpaired) electrons. The van der Waals surface area contributed by atoms with Crippen LogP contribution >= 0.6 is 0 Å². The number of hydrogen-bond donors (Lipinski definition) is 2. The first kappa shape index (κ1) is 17.8. The van der Waals surface area contributed by atoms with Gasteiger partial charge in [0.1, 0.15) is 5.82 Å². The largest absolute Gasteiger partial charge is 0.491 e. The van der Waals surface area contributed by atoms with Gasteiger partial charge in [-0.15, -0.1) is 0 Å². The molecule has 0 fully saturated rings. The van der Waals surface area contributed by atoms with E-state index in [4.69, 9.17) is 4.74 Å². The molecule has 130 valence electrons. The number of halogens is 1. The molecule has 1 aromatic carbocycles. The maximum atomic E-state index is 13.9. The Hall–Kier alpha value is -2.57. The van der Waals surface area contributed by atoms with Crippen LogP contribution in [0.1, 0.15) is 45.3 Å². The van der Waals surface area contributed by atoms with E-state index in [1.807, 2.05) is 13.8 Å². The summed E-state index contributed by atoms with van der Waals surface area (Å²) in [4.78, 5) is 12.1. The van der Waals surface area contributed by atoms with Crippen molar-refractivity contribution in [2.24, 2.45) is 0 Å². The van der Waals surface area contributed by atoms with Crippen molar-refractivity contribution in [1.29, 1.82) is 0 Å². The summed E-state index contributed by atoms with van der Waals surface area (Å²) in [5.74, 6) is 0.368. The van der Waals surface area contributed by atoms with Crippen molar-refractivity contribution >= 4 is 11.8 Å². The molecule has 0 bridgehead atoms. The average Bonchev–Trinajstić information content (AvgIpc) is 2.97. The fourth-order valence-corrected chi connectivity index (χ4v) is 2.32. The summed E-state index contributed by atoms with van der Waals surface area (Å²) in [6.45, 7) is 7.93. The summed E-state index contributed by atoms with van der Waals surface area (Å²) in [7, 11) is 0. The molecule has 2 aromatic rings. The van der Waals surface area contributed by atoms with Gasteiger partial charge in [-0.3, -0.25) is 5.32 Å². The highest BCUT2D eigenvalue weighted by Crippen LogP contribution is 2.22. The molecule has 24 heavy (non-hydrogen) atoms. The van der Waals surface area contributed by atoms with Gasteiger partial charge in [-0.1, -0.05) is 6.07 Å². The Kier molecular flexibility index (Phi) is 5.78. The highest BCUT2D eigenvalue weighted by molar-refractivity contribution is 5.88. The van der Waals surface area contributed by atoms with Crippen LogP contribution in [0.15, 0.2) is 30.5 Å². The first-order chi connectivity index (χ1) is 11.4. The monoisotopic (exact) mass is 334 g/mol. The molecule has 0 spiro atoms. The van der Waals surface area contributed by atoms with Gasteiger partial charge in [0, 0.05) is 12.1 Å². The Bertz CT molecular complexity index is 700. The number of anilines is 1. The van der Waals surface area contributed by atoms with Crippen LogP contribution in [-0.4, -0.2) is 22.4 Å². The Labute approximate surface area is 141 Å². The molecular weight excluding hydrogens is 311 g/mol. The van der Waals surface area contributed by atoms with Gasteiger partial charge >= 0.3 is 6.03 Å². The normalized spacial score (nSPS) is 12.1. The first-order valence-electron chi connectivity index (χ1n) is 7.95. The van der Waals surface area contributed by atoms with Crippen LogP contribution in [0.25, 0.3) is 0 Å². The van der Waals surface area contributed by atoms with E-state index < -0.39 is 5.82 Å². The number of carbonyl (C=O) groups is 1. The third-order valence-electron chi connectivity index (χ3n) is 3.50. The van der Waals surface area contributed by atoms with E-state index >= 15 is 0 Å². The van der Waals surface area contributed by atoms with E-state index in [1.54, 1.807) is 42.9 Å². The molecule has 2 rings (SSSR count). The lowest BCUT2D eigenvalue weighted by atomic mass is 10.1. The molecular formula is C17H23FN4O2. The number of rotatable bonds is 6. The lowest BCUT2D eigenvalue weighted by molar-refractivity contribution is 0.249. The second-order valence-corrected chi connectivity index (χ2v) is 5.70. The van der Waals surface area contributed by atoms with Crippen molar-refractivity contribution in [1.82, 2.24) is 15.1 Å². The van der Waals surface area contributed by atoms with Crippen LogP contribution in [0, 0.1) is 5.82 Å². The molecule has 6 nitrogen and oxygen atoms in total. The minimum absolute atomic E-state index is 0.132. The summed E-state index contributed by atoms with van der Waals surface area (Å²) in [6.07, 6.45) is 1.63. The topological polar surface area (TPSA) is 68.2 Å². The summed E-state index contributed by atoms with van der Waals surface area (Å²) in [5.41, 5.74) is 0.656. The van der Waals surface area contributed by atoms with Gasteiger partial charge in [0.05, 0.1) is 18.8 Å². The molecule has 0 aliphatic carbocycles. The average molecular weight is 334 g/mol. The fraction of sp³-hybridized carbons (Fsp3) is 0.412. The minimum atomic E-state index is -0.443. The molecule has 0 aliphatic heterocycles. The molecule has 1 unspecified atom stereocenters. The number of urea groups is 1. The van der Waals surface area contributed by atoms with E-state index in [0.29, 0.717) is 18.0 Å². The summed E-state index contributed by atoms with van der Waals surface area (Å²) in [6, 6.07) is 5.79. The number of nitrogens with zero attached hydrogens (tertiary/aromatic N) is 2. The zero-order chi connectivity index (χ0) is 17.7. The fourth-order valence-electron chi connectivity index (χ4n) is 2.32. The predicted octanol–water partition coefficient (Wildman–Crippen LogP) is 3.88. The molecule has 0 aliphatic rings.